The minimum Gasteiger partial charge on any atom is -0.372 e. The average molecular weight is 186 g/mol. The molecule has 2 rings (SSSR count). The molecule has 2 unspecified atom stereocenters. The second-order valence-electron chi connectivity index (χ2n) is 3.76. The zero-order valence-electron chi connectivity index (χ0n) is 8.25. The number of unbranched alkanes of at least 4 members (excludes halogenated alkanes) is 1. The van der Waals surface area contributed by atoms with E-state index in [-0.39, 0.29) is 11.9 Å². The predicted octanol–water partition coefficient (Wildman–Crippen LogP) is 1.71. The van der Waals surface area contributed by atoms with Crippen LogP contribution in [0.25, 0.3) is 0 Å². The summed E-state index contributed by atoms with van der Waals surface area (Å²) in [4.78, 5) is 0. The number of ether oxygens (including phenoxy) is 3. The number of rotatable bonds is 5. The summed E-state index contributed by atoms with van der Waals surface area (Å²) >= 11 is 0. The number of hydrogen-bond donors (Lipinski definition) is 0. The quantitative estimate of drug-likeness (QED) is 0.612. The van der Waals surface area contributed by atoms with E-state index in [1.807, 2.05) is 0 Å². The summed E-state index contributed by atoms with van der Waals surface area (Å²) in [6.07, 6.45) is 4.57. The lowest BCUT2D eigenvalue weighted by Gasteiger charge is -2.49. The normalized spacial score (nSPS) is 38.1. The highest BCUT2D eigenvalue weighted by Gasteiger charge is 2.50. The van der Waals surface area contributed by atoms with Crippen molar-refractivity contribution in [2.75, 3.05) is 19.8 Å². The van der Waals surface area contributed by atoms with Crippen LogP contribution in [0.4, 0.5) is 0 Å². The van der Waals surface area contributed by atoms with Gasteiger partial charge in [0.15, 0.2) is 5.79 Å². The highest BCUT2D eigenvalue weighted by atomic mass is 16.7. The van der Waals surface area contributed by atoms with E-state index in [1.165, 1.54) is 6.42 Å². The van der Waals surface area contributed by atoms with Gasteiger partial charge in [-0.15, -0.1) is 0 Å². The molecule has 13 heavy (non-hydrogen) atoms. The fraction of sp³-hybridized carbons (Fsp3) is 1.00. The zero-order chi connectivity index (χ0) is 9.15. The largest absolute Gasteiger partial charge is 0.372 e. The van der Waals surface area contributed by atoms with Crippen molar-refractivity contribution < 1.29 is 14.2 Å². The average Bonchev–Trinajstić information content (AvgIpc) is 1.96. The van der Waals surface area contributed by atoms with Crippen LogP contribution >= 0.6 is 0 Å². The molecule has 0 amide bonds. The van der Waals surface area contributed by atoms with Crippen molar-refractivity contribution in [1.29, 1.82) is 0 Å². The van der Waals surface area contributed by atoms with Gasteiger partial charge in [0, 0.05) is 19.4 Å². The minimum absolute atomic E-state index is 0.207. The highest BCUT2D eigenvalue weighted by Crippen LogP contribution is 2.38. The molecule has 0 aliphatic carbocycles. The Kier molecular flexibility index (Phi) is 2.86. The van der Waals surface area contributed by atoms with Crippen LogP contribution in [0, 0.1) is 0 Å². The van der Waals surface area contributed by atoms with Crippen LogP contribution in [-0.2, 0) is 14.2 Å². The molecular weight excluding hydrogens is 168 g/mol. The predicted molar refractivity (Wildman–Crippen MR) is 48.5 cm³/mol. The van der Waals surface area contributed by atoms with Gasteiger partial charge in [0.1, 0.15) is 6.10 Å². The van der Waals surface area contributed by atoms with Crippen molar-refractivity contribution in [2.45, 2.75) is 44.5 Å². The van der Waals surface area contributed by atoms with Crippen molar-refractivity contribution in [3.05, 3.63) is 0 Å². The van der Waals surface area contributed by atoms with Gasteiger partial charge >= 0.3 is 0 Å². The van der Waals surface area contributed by atoms with E-state index < -0.39 is 0 Å². The molecular formula is C10H18O3. The molecule has 0 aromatic heterocycles. The van der Waals surface area contributed by atoms with Crippen LogP contribution < -0.4 is 0 Å². The molecule has 0 aromatic rings. The van der Waals surface area contributed by atoms with E-state index in [1.54, 1.807) is 0 Å². The van der Waals surface area contributed by atoms with Crippen LogP contribution in [0.3, 0.4) is 0 Å². The zero-order valence-corrected chi connectivity index (χ0v) is 8.25. The van der Waals surface area contributed by atoms with E-state index in [0.29, 0.717) is 0 Å². The standard InChI is InChI=1S/C10H18O3/c1-2-3-6-12-10(5-8-13-10)9-4-7-11-9/h9H,2-8H2,1H3. The summed E-state index contributed by atoms with van der Waals surface area (Å²) in [6.45, 7) is 4.66. The molecule has 2 aliphatic heterocycles. The smallest absolute Gasteiger partial charge is 0.196 e. The summed E-state index contributed by atoms with van der Waals surface area (Å²) in [5.41, 5.74) is 0. The number of hydrogen-bond acceptors (Lipinski definition) is 3. The molecule has 2 fully saturated rings. The lowest BCUT2D eigenvalue weighted by atomic mass is 9.96. The second-order valence-corrected chi connectivity index (χ2v) is 3.76. The Balaban J connectivity index is 1.77. The van der Waals surface area contributed by atoms with Crippen molar-refractivity contribution >= 4 is 0 Å². The van der Waals surface area contributed by atoms with Crippen LogP contribution in [0.1, 0.15) is 32.6 Å². The van der Waals surface area contributed by atoms with Crippen molar-refractivity contribution in [3.63, 3.8) is 0 Å². The molecule has 0 radical (unpaired) electrons. The topological polar surface area (TPSA) is 27.7 Å². The molecule has 0 saturated carbocycles. The Morgan fingerprint density at radius 1 is 1.46 bits per heavy atom. The molecule has 0 spiro atoms. The summed E-state index contributed by atoms with van der Waals surface area (Å²) in [5, 5.41) is 0. The fourth-order valence-corrected chi connectivity index (χ4v) is 1.74. The monoisotopic (exact) mass is 186 g/mol. The minimum atomic E-state index is -0.354. The van der Waals surface area contributed by atoms with Gasteiger partial charge in [-0.25, -0.2) is 0 Å². The highest BCUT2D eigenvalue weighted by molar-refractivity contribution is 4.90. The summed E-state index contributed by atoms with van der Waals surface area (Å²) < 4.78 is 16.7. The third-order valence-corrected chi connectivity index (χ3v) is 2.83. The van der Waals surface area contributed by atoms with Gasteiger partial charge in [0.05, 0.1) is 13.2 Å². The third kappa shape index (κ3) is 1.73. The van der Waals surface area contributed by atoms with Crippen LogP contribution in [0.5, 0.6) is 0 Å². The molecule has 2 atom stereocenters. The molecule has 0 bridgehead atoms. The lowest BCUT2D eigenvalue weighted by molar-refractivity contribution is -0.371. The van der Waals surface area contributed by atoms with Gasteiger partial charge in [0.25, 0.3) is 0 Å². The maximum Gasteiger partial charge on any atom is 0.196 e. The first-order valence-corrected chi connectivity index (χ1v) is 5.27. The van der Waals surface area contributed by atoms with Gasteiger partial charge in [-0.05, 0) is 6.42 Å². The summed E-state index contributed by atoms with van der Waals surface area (Å²) in [7, 11) is 0. The van der Waals surface area contributed by atoms with Gasteiger partial charge in [-0.2, -0.15) is 0 Å². The third-order valence-electron chi connectivity index (χ3n) is 2.83. The molecule has 2 saturated heterocycles. The Labute approximate surface area is 79.4 Å². The maximum atomic E-state index is 5.76. The first-order valence-electron chi connectivity index (χ1n) is 5.27. The molecule has 76 valence electrons. The molecule has 3 nitrogen and oxygen atoms in total. The molecule has 2 heterocycles. The van der Waals surface area contributed by atoms with Crippen LogP contribution in [-0.4, -0.2) is 31.7 Å². The van der Waals surface area contributed by atoms with Gasteiger partial charge in [0.2, 0.25) is 0 Å². The SMILES string of the molecule is CCCCOC1(C2CCO2)CCO1. The molecule has 0 aromatic carbocycles. The Morgan fingerprint density at radius 2 is 2.23 bits per heavy atom. The van der Waals surface area contributed by atoms with E-state index in [4.69, 9.17) is 14.2 Å². The molecule has 3 heteroatoms. The van der Waals surface area contributed by atoms with Crippen molar-refractivity contribution in [3.8, 4) is 0 Å². The van der Waals surface area contributed by atoms with E-state index in [9.17, 15) is 0 Å². The van der Waals surface area contributed by atoms with Crippen molar-refractivity contribution in [2.24, 2.45) is 0 Å². The second kappa shape index (κ2) is 3.95. The van der Waals surface area contributed by atoms with Crippen molar-refractivity contribution in [1.82, 2.24) is 0 Å². The fourth-order valence-electron chi connectivity index (χ4n) is 1.74. The van der Waals surface area contributed by atoms with Crippen LogP contribution in [0.15, 0.2) is 0 Å². The summed E-state index contributed by atoms with van der Waals surface area (Å²) in [5.74, 6) is -0.354. The lowest BCUT2D eigenvalue weighted by Crippen LogP contribution is -2.60. The van der Waals surface area contributed by atoms with Gasteiger partial charge < -0.3 is 14.2 Å². The maximum absolute atomic E-state index is 5.76. The van der Waals surface area contributed by atoms with E-state index in [0.717, 1.165) is 39.1 Å². The Bertz CT molecular complexity index is 162. The molecule has 0 N–H and O–H groups in total. The molecule has 2 aliphatic rings. The van der Waals surface area contributed by atoms with E-state index >= 15 is 0 Å². The van der Waals surface area contributed by atoms with Crippen LogP contribution in [0.2, 0.25) is 0 Å². The Hall–Kier alpha value is -0.120. The van der Waals surface area contributed by atoms with Gasteiger partial charge in [-0.1, -0.05) is 13.3 Å². The van der Waals surface area contributed by atoms with E-state index in [2.05, 4.69) is 6.92 Å². The summed E-state index contributed by atoms with van der Waals surface area (Å²) in [6, 6.07) is 0. The van der Waals surface area contributed by atoms with Gasteiger partial charge in [-0.3, -0.25) is 0 Å². The first kappa shape index (κ1) is 9.44. The first-order chi connectivity index (χ1) is 6.37. The Morgan fingerprint density at radius 3 is 2.62 bits per heavy atom.